The molecule has 1 saturated carbocycles. The number of rotatable bonds is 7. The first kappa shape index (κ1) is 19.4. The van der Waals surface area contributed by atoms with Crippen LogP contribution in [-0.2, 0) is 9.59 Å². The van der Waals surface area contributed by atoms with E-state index in [0.29, 0.717) is 35.7 Å². The quantitative estimate of drug-likeness (QED) is 0.417. The molecule has 0 heterocycles. The van der Waals surface area contributed by atoms with Crippen molar-refractivity contribution in [1.82, 2.24) is 0 Å². The van der Waals surface area contributed by atoms with Crippen molar-refractivity contribution in [2.24, 2.45) is 5.41 Å². The molecule has 2 aromatic rings. The molecule has 0 unspecified atom stereocenters. The highest BCUT2D eigenvalue weighted by atomic mass is 19.1. The zero-order chi connectivity index (χ0) is 20.1. The fourth-order valence-electron chi connectivity index (χ4n) is 2.71. The highest BCUT2D eigenvalue weighted by Gasteiger charge is 2.56. The molecule has 0 saturated heterocycles. The highest BCUT2D eigenvalue weighted by Crippen LogP contribution is 2.47. The van der Waals surface area contributed by atoms with Gasteiger partial charge in [0.15, 0.2) is 0 Å². The van der Waals surface area contributed by atoms with Crippen LogP contribution in [0.1, 0.15) is 19.8 Å². The molecule has 2 amide bonds. The molecule has 1 fully saturated rings. The highest BCUT2D eigenvalue weighted by molar-refractivity contribution is 6.16. The molecule has 6 heteroatoms. The van der Waals surface area contributed by atoms with Crippen LogP contribution in [0.5, 0.6) is 5.75 Å². The van der Waals surface area contributed by atoms with E-state index in [0.717, 1.165) is 0 Å². The fourth-order valence-corrected chi connectivity index (χ4v) is 2.71. The lowest BCUT2D eigenvalue weighted by Gasteiger charge is -2.16. The third-order valence-electron chi connectivity index (χ3n) is 4.46. The van der Waals surface area contributed by atoms with Gasteiger partial charge in [-0.1, -0.05) is 12.7 Å². The van der Waals surface area contributed by atoms with Gasteiger partial charge < -0.3 is 15.4 Å². The van der Waals surface area contributed by atoms with Crippen LogP contribution in [-0.4, -0.2) is 11.8 Å². The number of nitrogens with one attached hydrogen (secondary N) is 2. The van der Waals surface area contributed by atoms with Gasteiger partial charge >= 0.3 is 0 Å². The van der Waals surface area contributed by atoms with Gasteiger partial charge in [-0.3, -0.25) is 9.59 Å². The third-order valence-corrected chi connectivity index (χ3v) is 4.46. The maximum atomic E-state index is 13.0. The molecule has 144 valence electrons. The Labute approximate surface area is 162 Å². The molecule has 0 atom stereocenters. The monoisotopic (exact) mass is 380 g/mol. The standard InChI is InChI=1S/C22H21FN2O3/c1-3-4-15(2)28-19-11-9-18(10-12-19)25-21(27)22(13-14-22)20(26)24-17-7-5-16(23)6-8-17/h3-12H,1,13-14H2,2H3,(H,24,26)(H,25,27)/b15-4-. The predicted octanol–water partition coefficient (Wildman–Crippen LogP) is 4.65. The smallest absolute Gasteiger partial charge is 0.240 e. The summed E-state index contributed by atoms with van der Waals surface area (Å²) in [5, 5.41) is 5.46. The van der Waals surface area contributed by atoms with E-state index in [2.05, 4.69) is 17.2 Å². The summed E-state index contributed by atoms with van der Waals surface area (Å²) in [5.74, 6) is 0.190. The number of ether oxygens (including phenoxy) is 1. The van der Waals surface area contributed by atoms with Crippen molar-refractivity contribution in [1.29, 1.82) is 0 Å². The zero-order valence-electron chi connectivity index (χ0n) is 15.5. The summed E-state index contributed by atoms with van der Waals surface area (Å²) in [6, 6.07) is 12.3. The molecule has 2 aromatic carbocycles. The number of benzene rings is 2. The van der Waals surface area contributed by atoms with Gasteiger partial charge in [-0.05, 0) is 74.4 Å². The molecule has 0 spiro atoms. The number of allylic oxidation sites excluding steroid dienone is 3. The van der Waals surface area contributed by atoms with Crippen molar-refractivity contribution >= 4 is 23.2 Å². The second-order valence-electron chi connectivity index (χ2n) is 6.64. The van der Waals surface area contributed by atoms with Crippen molar-refractivity contribution in [3.63, 3.8) is 0 Å². The molecule has 3 rings (SSSR count). The van der Waals surface area contributed by atoms with Crippen LogP contribution in [0.4, 0.5) is 15.8 Å². The summed E-state index contributed by atoms with van der Waals surface area (Å²) in [6.45, 7) is 5.42. The minimum Gasteiger partial charge on any atom is -0.462 e. The first-order valence-corrected chi connectivity index (χ1v) is 8.89. The van der Waals surface area contributed by atoms with E-state index < -0.39 is 5.41 Å². The van der Waals surface area contributed by atoms with E-state index in [1.807, 2.05) is 6.92 Å². The largest absolute Gasteiger partial charge is 0.462 e. The van der Waals surface area contributed by atoms with Crippen molar-refractivity contribution in [3.8, 4) is 5.75 Å². The topological polar surface area (TPSA) is 67.4 Å². The Morgan fingerprint density at radius 2 is 1.50 bits per heavy atom. The summed E-state index contributed by atoms with van der Waals surface area (Å²) >= 11 is 0. The number of carbonyl (C=O) groups excluding carboxylic acids is 2. The molecule has 5 nitrogen and oxygen atoms in total. The molecule has 2 N–H and O–H groups in total. The summed E-state index contributed by atoms with van der Waals surface area (Å²) in [6.07, 6.45) is 4.32. The van der Waals surface area contributed by atoms with Crippen LogP contribution >= 0.6 is 0 Å². The molecule has 1 aliphatic carbocycles. The van der Waals surface area contributed by atoms with Crippen LogP contribution in [0.15, 0.2) is 73.0 Å². The molecule has 0 radical (unpaired) electrons. The van der Waals surface area contributed by atoms with Crippen LogP contribution in [0, 0.1) is 11.2 Å². The Morgan fingerprint density at radius 1 is 1.00 bits per heavy atom. The summed E-state index contributed by atoms with van der Waals surface area (Å²) in [7, 11) is 0. The first-order chi connectivity index (χ1) is 13.4. The van der Waals surface area contributed by atoms with Crippen molar-refractivity contribution in [2.45, 2.75) is 19.8 Å². The van der Waals surface area contributed by atoms with Gasteiger partial charge in [0, 0.05) is 11.4 Å². The summed E-state index contributed by atoms with van der Waals surface area (Å²) < 4.78 is 18.6. The van der Waals surface area contributed by atoms with E-state index in [1.165, 1.54) is 24.3 Å². The summed E-state index contributed by atoms with van der Waals surface area (Å²) in [4.78, 5) is 25.2. The average molecular weight is 380 g/mol. The zero-order valence-corrected chi connectivity index (χ0v) is 15.5. The van der Waals surface area contributed by atoms with Gasteiger partial charge in [-0.15, -0.1) is 0 Å². The SMILES string of the molecule is C=C/C=C(/C)Oc1ccc(NC(=O)C2(C(=O)Nc3ccc(F)cc3)CC2)cc1. The maximum absolute atomic E-state index is 13.0. The lowest BCUT2D eigenvalue weighted by Crippen LogP contribution is -2.35. The molecular weight excluding hydrogens is 359 g/mol. The second kappa shape index (κ2) is 8.08. The van der Waals surface area contributed by atoms with Gasteiger partial charge in [-0.2, -0.15) is 0 Å². The molecular formula is C22H21FN2O3. The molecule has 28 heavy (non-hydrogen) atoms. The molecule has 0 aliphatic heterocycles. The summed E-state index contributed by atoms with van der Waals surface area (Å²) in [5.41, 5.74) is -0.0641. The van der Waals surface area contributed by atoms with Crippen molar-refractivity contribution in [3.05, 3.63) is 78.8 Å². The Hall–Kier alpha value is -3.41. The van der Waals surface area contributed by atoms with Crippen molar-refractivity contribution < 1.29 is 18.7 Å². The number of carbonyl (C=O) groups is 2. The molecule has 0 bridgehead atoms. The molecule has 0 aromatic heterocycles. The van der Waals surface area contributed by atoms with Crippen LogP contribution in [0.2, 0.25) is 0 Å². The average Bonchev–Trinajstić information content (AvgIpc) is 3.47. The Balaban J connectivity index is 1.62. The third kappa shape index (κ3) is 4.46. The second-order valence-corrected chi connectivity index (χ2v) is 6.64. The first-order valence-electron chi connectivity index (χ1n) is 8.89. The lowest BCUT2D eigenvalue weighted by atomic mass is 10.0. The fraction of sp³-hybridized carbons (Fsp3) is 0.182. The van der Waals surface area contributed by atoms with Crippen LogP contribution < -0.4 is 15.4 Å². The van der Waals surface area contributed by atoms with Crippen LogP contribution in [0.25, 0.3) is 0 Å². The number of anilines is 2. The number of halogens is 1. The number of amides is 2. The van der Waals surface area contributed by atoms with Gasteiger partial charge in [0.1, 0.15) is 22.7 Å². The number of hydrogen-bond acceptors (Lipinski definition) is 3. The Morgan fingerprint density at radius 3 is 1.96 bits per heavy atom. The minimum absolute atomic E-state index is 0.358. The van der Waals surface area contributed by atoms with Crippen LogP contribution in [0.3, 0.4) is 0 Å². The Bertz CT molecular complexity index is 914. The van der Waals surface area contributed by atoms with Gasteiger partial charge in [0.05, 0.1) is 0 Å². The van der Waals surface area contributed by atoms with E-state index in [-0.39, 0.29) is 17.6 Å². The Kier molecular flexibility index (Phi) is 5.59. The van der Waals surface area contributed by atoms with Gasteiger partial charge in [0.2, 0.25) is 11.8 Å². The molecule has 1 aliphatic rings. The van der Waals surface area contributed by atoms with E-state index >= 15 is 0 Å². The van der Waals surface area contributed by atoms with E-state index in [4.69, 9.17) is 4.74 Å². The van der Waals surface area contributed by atoms with Gasteiger partial charge in [0.25, 0.3) is 0 Å². The van der Waals surface area contributed by atoms with E-state index in [9.17, 15) is 14.0 Å². The minimum atomic E-state index is -1.09. The normalized spacial score (nSPS) is 14.7. The predicted molar refractivity (Wildman–Crippen MR) is 106 cm³/mol. The number of hydrogen-bond donors (Lipinski definition) is 2. The van der Waals surface area contributed by atoms with Crippen molar-refractivity contribution in [2.75, 3.05) is 10.6 Å². The van der Waals surface area contributed by atoms with E-state index in [1.54, 1.807) is 36.4 Å². The van der Waals surface area contributed by atoms with Gasteiger partial charge in [-0.25, -0.2) is 4.39 Å². The lowest BCUT2D eigenvalue weighted by molar-refractivity contribution is -0.131. The maximum Gasteiger partial charge on any atom is 0.240 e.